The minimum Gasteiger partial charge on any atom is -0.481 e. The van der Waals surface area contributed by atoms with E-state index in [1.165, 1.54) is 12.0 Å². The zero-order valence-electron chi connectivity index (χ0n) is 12.7. The Kier molecular flexibility index (Phi) is 5.23. The summed E-state index contributed by atoms with van der Waals surface area (Å²) in [7, 11) is 0. The molecule has 1 aromatic carbocycles. The van der Waals surface area contributed by atoms with E-state index in [1.54, 1.807) is 0 Å². The predicted octanol–water partition coefficient (Wildman–Crippen LogP) is 2.97. The number of rotatable bonds is 6. The Balaban J connectivity index is 2.11. The van der Waals surface area contributed by atoms with Gasteiger partial charge in [-0.05, 0) is 31.9 Å². The van der Waals surface area contributed by atoms with Crippen LogP contribution in [0.15, 0.2) is 24.3 Å². The van der Waals surface area contributed by atoms with Gasteiger partial charge in [-0.25, -0.2) is 0 Å². The van der Waals surface area contributed by atoms with Crippen molar-refractivity contribution in [2.45, 2.75) is 51.0 Å². The Morgan fingerprint density at radius 3 is 2.38 bits per heavy atom. The lowest BCUT2D eigenvalue weighted by Gasteiger charge is -2.38. The van der Waals surface area contributed by atoms with Crippen LogP contribution in [0.5, 0.6) is 0 Å². The van der Waals surface area contributed by atoms with E-state index < -0.39 is 11.6 Å². The molecule has 0 spiro atoms. The first-order chi connectivity index (χ1) is 9.98. The van der Waals surface area contributed by atoms with Crippen LogP contribution in [0.4, 0.5) is 5.69 Å². The number of anilines is 1. The van der Waals surface area contributed by atoms with Gasteiger partial charge >= 0.3 is 5.97 Å². The number of hydrogen-bond acceptors (Lipinski definition) is 3. The van der Waals surface area contributed by atoms with Crippen molar-refractivity contribution in [3.05, 3.63) is 29.8 Å². The Morgan fingerprint density at radius 1 is 1.19 bits per heavy atom. The molecular weight excluding hydrogens is 266 g/mol. The molecule has 0 radical (unpaired) electrons. The summed E-state index contributed by atoms with van der Waals surface area (Å²) in [4.78, 5) is 12.9. The van der Waals surface area contributed by atoms with Gasteiger partial charge in [0, 0.05) is 18.8 Å². The van der Waals surface area contributed by atoms with Crippen LogP contribution in [0, 0.1) is 6.92 Å². The average Bonchev–Trinajstić information content (AvgIpc) is 2.45. The van der Waals surface area contributed by atoms with E-state index in [2.05, 4.69) is 0 Å². The molecule has 0 aliphatic heterocycles. The second kappa shape index (κ2) is 6.94. The summed E-state index contributed by atoms with van der Waals surface area (Å²) in [6, 6.07) is 8.05. The first-order valence-electron chi connectivity index (χ1n) is 7.74. The minimum absolute atomic E-state index is 0.0873. The zero-order valence-corrected chi connectivity index (χ0v) is 12.7. The summed E-state index contributed by atoms with van der Waals surface area (Å²) in [6.45, 7) is 2.98. The highest BCUT2D eigenvalue weighted by Gasteiger charge is 2.31. The minimum atomic E-state index is -0.803. The summed E-state index contributed by atoms with van der Waals surface area (Å²) in [5.41, 5.74) is 1.48. The number of nitrogens with zero attached hydrogens (tertiary/aromatic N) is 1. The van der Waals surface area contributed by atoms with Crippen molar-refractivity contribution >= 4 is 11.7 Å². The maximum Gasteiger partial charge on any atom is 0.305 e. The first kappa shape index (κ1) is 15.8. The number of benzene rings is 1. The van der Waals surface area contributed by atoms with Gasteiger partial charge in [0.05, 0.1) is 12.0 Å². The fourth-order valence-electron chi connectivity index (χ4n) is 3.01. The summed E-state index contributed by atoms with van der Waals surface area (Å²) in [5, 5.41) is 19.7. The Labute approximate surface area is 126 Å². The first-order valence-corrected chi connectivity index (χ1v) is 7.74. The third-order valence-electron chi connectivity index (χ3n) is 4.26. The molecule has 2 N–H and O–H groups in total. The molecule has 0 amide bonds. The van der Waals surface area contributed by atoms with Gasteiger partial charge < -0.3 is 15.1 Å². The number of hydrogen-bond donors (Lipinski definition) is 2. The van der Waals surface area contributed by atoms with Crippen molar-refractivity contribution in [3.8, 4) is 0 Å². The van der Waals surface area contributed by atoms with Crippen molar-refractivity contribution in [2.75, 3.05) is 18.0 Å². The van der Waals surface area contributed by atoms with E-state index in [1.807, 2.05) is 36.1 Å². The Hall–Kier alpha value is -1.55. The third kappa shape index (κ3) is 4.74. The van der Waals surface area contributed by atoms with Crippen molar-refractivity contribution in [1.82, 2.24) is 0 Å². The summed E-state index contributed by atoms with van der Waals surface area (Å²) < 4.78 is 0. The topological polar surface area (TPSA) is 60.8 Å². The maximum absolute atomic E-state index is 10.9. The predicted molar refractivity (Wildman–Crippen MR) is 83.7 cm³/mol. The SMILES string of the molecule is Cc1ccc(N(CCC(=O)O)CC2(O)CCCCC2)cc1. The molecule has 0 unspecified atom stereocenters. The average molecular weight is 291 g/mol. The van der Waals surface area contributed by atoms with Gasteiger partial charge in [-0.15, -0.1) is 0 Å². The molecule has 0 saturated heterocycles. The monoisotopic (exact) mass is 291 g/mol. The molecule has 21 heavy (non-hydrogen) atoms. The van der Waals surface area contributed by atoms with Crippen LogP contribution in [0.25, 0.3) is 0 Å². The van der Waals surface area contributed by atoms with Crippen LogP contribution >= 0.6 is 0 Å². The highest BCUT2D eigenvalue weighted by atomic mass is 16.4. The van der Waals surface area contributed by atoms with E-state index in [-0.39, 0.29) is 6.42 Å². The van der Waals surface area contributed by atoms with E-state index in [0.29, 0.717) is 13.1 Å². The zero-order chi connectivity index (χ0) is 15.3. The van der Waals surface area contributed by atoms with Gasteiger partial charge in [-0.2, -0.15) is 0 Å². The normalized spacial score (nSPS) is 17.4. The standard InChI is InChI=1S/C17H25NO3/c1-14-5-7-15(8-6-14)18(12-9-16(19)20)13-17(21)10-3-2-4-11-17/h5-8,21H,2-4,9-13H2,1H3,(H,19,20). The van der Waals surface area contributed by atoms with Gasteiger partial charge in [-0.3, -0.25) is 4.79 Å². The van der Waals surface area contributed by atoms with Gasteiger partial charge in [0.15, 0.2) is 0 Å². The molecule has 2 rings (SSSR count). The largest absolute Gasteiger partial charge is 0.481 e. The molecular formula is C17H25NO3. The molecule has 1 aliphatic carbocycles. The van der Waals surface area contributed by atoms with Crippen molar-refractivity contribution in [2.24, 2.45) is 0 Å². The van der Waals surface area contributed by atoms with Gasteiger partial charge in [-0.1, -0.05) is 37.0 Å². The summed E-state index contributed by atoms with van der Waals surface area (Å²) >= 11 is 0. The van der Waals surface area contributed by atoms with Gasteiger partial charge in [0.25, 0.3) is 0 Å². The summed E-state index contributed by atoms with van der Waals surface area (Å²) in [5.74, 6) is -0.803. The van der Waals surface area contributed by atoms with E-state index in [0.717, 1.165) is 31.4 Å². The van der Waals surface area contributed by atoms with Crippen molar-refractivity contribution in [3.63, 3.8) is 0 Å². The lowest BCUT2D eigenvalue weighted by molar-refractivity contribution is -0.136. The molecule has 116 valence electrons. The van der Waals surface area contributed by atoms with Crippen LogP contribution < -0.4 is 4.90 Å². The third-order valence-corrected chi connectivity index (χ3v) is 4.26. The Morgan fingerprint density at radius 2 is 1.81 bits per heavy atom. The molecule has 0 bridgehead atoms. The van der Waals surface area contributed by atoms with Crippen LogP contribution in [-0.2, 0) is 4.79 Å². The van der Waals surface area contributed by atoms with E-state index in [4.69, 9.17) is 5.11 Å². The second-order valence-electron chi connectivity index (χ2n) is 6.19. The number of aryl methyl sites for hydroxylation is 1. The molecule has 0 atom stereocenters. The molecule has 1 saturated carbocycles. The highest BCUT2D eigenvalue weighted by molar-refractivity contribution is 5.67. The number of aliphatic carboxylic acids is 1. The lowest BCUT2D eigenvalue weighted by Crippen LogP contribution is -2.45. The molecule has 1 aliphatic rings. The van der Waals surface area contributed by atoms with Crippen LogP contribution in [0.2, 0.25) is 0 Å². The second-order valence-corrected chi connectivity index (χ2v) is 6.19. The molecule has 4 nitrogen and oxygen atoms in total. The van der Waals surface area contributed by atoms with Crippen molar-refractivity contribution in [1.29, 1.82) is 0 Å². The maximum atomic E-state index is 10.9. The molecule has 0 heterocycles. The number of carbonyl (C=O) groups is 1. The number of carboxylic acids is 1. The molecule has 1 aromatic rings. The Bertz CT molecular complexity index is 463. The fraction of sp³-hybridized carbons (Fsp3) is 0.588. The molecule has 0 aromatic heterocycles. The smallest absolute Gasteiger partial charge is 0.305 e. The lowest BCUT2D eigenvalue weighted by atomic mass is 9.84. The molecule has 4 heteroatoms. The molecule has 1 fully saturated rings. The van der Waals surface area contributed by atoms with E-state index in [9.17, 15) is 9.90 Å². The number of aliphatic hydroxyl groups is 1. The highest BCUT2D eigenvalue weighted by Crippen LogP contribution is 2.30. The number of carboxylic acid groups (broad SMARTS) is 1. The fourth-order valence-corrected chi connectivity index (χ4v) is 3.01. The van der Waals surface area contributed by atoms with Crippen LogP contribution in [0.3, 0.4) is 0 Å². The van der Waals surface area contributed by atoms with Crippen LogP contribution in [-0.4, -0.2) is 34.9 Å². The van der Waals surface area contributed by atoms with Crippen LogP contribution in [0.1, 0.15) is 44.1 Å². The van der Waals surface area contributed by atoms with Gasteiger partial charge in [0.2, 0.25) is 0 Å². The van der Waals surface area contributed by atoms with Gasteiger partial charge in [0.1, 0.15) is 0 Å². The quantitative estimate of drug-likeness (QED) is 0.846. The van der Waals surface area contributed by atoms with E-state index >= 15 is 0 Å². The summed E-state index contributed by atoms with van der Waals surface area (Å²) in [6.07, 6.45) is 4.99. The van der Waals surface area contributed by atoms with Crippen molar-refractivity contribution < 1.29 is 15.0 Å².